The number of nitrogens with one attached hydrogen (secondary N) is 1. The zero-order valence-corrected chi connectivity index (χ0v) is 5.77. The van der Waals surface area contributed by atoms with E-state index in [0.29, 0.717) is 13.0 Å². The molecule has 0 unspecified atom stereocenters. The summed E-state index contributed by atoms with van der Waals surface area (Å²) in [5.74, 6) is 0. The fourth-order valence-electron chi connectivity index (χ4n) is 0.905. The maximum absolute atomic E-state index is 10.5. The molecule has 1 saturated heterocycles. The summed E-state index contributed by atoms with van der Waals surface area (Å²) in [5, 5.41) is 11.5. The van der Waals surface area contributed by atoms with Gasteiger partial charge in [-0.05, 0) is 6.42 Å². The molecule has 0 aromatic rings. The summed E-state index contributed by atoms with van der Waals surface area (Å²) in [4.78, 5) is 10.5. The fraction of sp³-hybridized carbons (Fsp3) is 0.800. The molecule has 1 heterocycles. The van der Waals surface area contributed by atoms with Crippen molar-refractivity contribution in [2.75, 3.05) is 6.54 Å². The van der Waals surface area contributed by atoms with Crippen molar-refractivity contribution in [1.29, 1.82) is 0 Å². The first-order chi connectivity index (χ1) is 4.20. The van der Waals surface area contributed by atoms with Crippen LogP contribution in [0.25, 0.3) is 0 Å². The summed E-state index contributed by atoms with van der Waals surface area (Å²) >= 11 is 3.62. The Morgan fingerprint density at radius 1 is 1.78 bits per heavy atom. The van der Waals surface area contributed by atoms with Gasteiger partial charge in [-0.15, -0.1) is 12.6 Å². The molecule has 0 amide bonds. The van der Waals surface area contributed by atoms with Crippen molar-refractivity contribution in [3.63, 3.8) is 0 Å². The second kappa shape index (κ2) is 2.68. The summed E-state index contributed by atoms with van der Waals surface area (Å²) in [6.45, 7) is 0.511. The van der Waals surface area contributed by atoms with Crippen molar-refractivity contribution in [2.24, 2.45) is 0 Å². The molecule has 0 aromatic carbocycles. The molecule has 0 aromatic heterocycles. The smallest absolute Gasteiger partial charge is 0.202 e. The van der Waals surface area contributed by atoms with Gasteiger partial charge in [-0.25, -0.2) is 0 Å². The molecule has 1 rings (SSSR count). The number of hydrogen-bond acceptors (Lipinski definition) is 3. The van der Waals surface area contributed by atoms with Gasteiger partial charge in [0.1, 0.15) is 0 Å². The van der Waals surface area contributed by atoms with Crippen LogP contribution in [0.1, 0.15) is 6.42 Å². The van der Waals surface area contributed by atoms with Crippen LogP contribution in [0, 0.1) is 0 Å². The molecule has 2 N–H and O–H groups in total. The zero-order chi connectivity index (χ0) is 6.85. The van der Waals surface area contributed by atoms with E-state index in [1.807, 2.05) is 0 Å². The number of rotatable bonds is 1. The molecule has 0 saturated carbocycles. The van der Waals surface area contributed by atoms with Crippen LogP contribution in [0.15, 0.2) is 0 Å². The quantitative estimate of drug-likeness (QED) is 0.424. The second-order valence-corrected chi connectivity index (χ2v) is 2.63. The number of hydrogen-bond donors (Lipinski definition) is 3. The minimum atomic E-state index is -0.369. The first-order valence-electron chi connectivity index (χ1n) is 2.84. The molecule has 0 bridgehead atoms. The Kier molecular flexibility index (Phi) is 2.10. The molecule has 1 aliphatic heterocycles. The molecule has 2 atom stereocenters. The van der Waals surface area contributed by atoms with E-state index in [1.165, 1.54) is 0 Å². The van der Waals surface area contributed by atoms with Gasteiger partial charge in [0.15, 0.2) is 0 Å². The van der Waals surface area contributed by atoms with Gasteiger partial charge in [0.05, 0.1) is 12.1 Å². The van der Waals surface area contributed by atoms with Gasteiger partial charge >= 0.3 is 0 Å². The average Bonchev–Trinajstić information content (AvgIpc) is 2.14. The van der Waals surface area contributed by atoms with Crippen LogP contribution in [0.5, 0.6) is 0 Å². The van der Waals surface area contributed by atoms with E-state index in [2.05, 4.69) is 17.9 Å². The number of thiol groups is 1. The number of aliphatic hydroxyl groups is 1. The lowest BCUT2D eigenvalue weighted by Crippen LogP contribution is -2.27. The SMILES string of the molecule is O=C(S)[C@@H]1C[C@@H](O)CN1. The Morgan fingerprint density at radius 3 is 2.67 bits per heavy atom. The van der Waals surface area contributed by atoms with Crippen molar-refractivity contribution in [3.05, 3.63) is 0 Å². The van der Waals surface area contributed by atoms with Crippen molar-refractivity contribution in [1.82, 2.24) is 5.32 Å². The van der Waals surface area contributed by atoms with Crippen LogP contribution in [-0.2, 0) is 4.79 Å². The van der Waals surface area contributed by atoms with Gasteiger partial charge in [0, 0.05) is 6.54 Å². The highest BCUT2D eigenvalue weighted by Gasteiger charge is 2.25. The molecule has 4 heteroatoms. The van der Waals surface area contributed by atoms with E-state index in [9.17, 15) is 4.79 Å². The standard InChI is InChI=1S/C5H9NO2S/c7-3-1-4(5(8)9)6-2-3/h3-4,6-7H,1-2H2,(H,8,9)/t3-,4+/m1/s1. The van der Waals surface area contributed by atoms with Crippen LogP contribution >= 0.6 is 12.6 Å². The number of aliphatic hydroxyl groups excluding tert-OH is 1. The van der Waals surface area contributed by atoms with Gasteiger partial charge in [-0.1, -0.05) is 0 Å². The highest BCUT2D eigenvalue weighted by atomic mass is 32.1. The predicted molar refractivity (Wildman–Crippen MR) is 36.4 cm³/mol. The van der Waals surface area contributed by atoms with E-state index < -0.39 is 0 Å². The summed E-state index contributed by atoms with van der Waals surface area (Å²) in [7, 11) is 0. The van der Waals surface area contributed by atoms with E-state index in [4.69, 9.17) is 5.11 Å². The lowest BCUT2D eigenvalue weighted by Gasteiger charge is -2.00. The van der Waals surface area contributed by atoms with E-state index >= 15 is 0 Å². The van der Waals surface area contributed by atoms with Crippen molar-refractivity contribution in [3.8, 4) is 0 Å². The Bertz CT molecular complexity index is 128. The Hall–Kier alpha value is -0.0600. The highest BCUT2D eigenvalue weighted by molar-refractivity contribution is 7.96. The molecule has 0 radical (unpaired) electrons. The van der Waals surface area contributed by atoms with Crippen molar-refractivity contribution < 1.29 is 9.90 Å². The summed E-state index contributed by atoms with van der Waals surface area (Å²) in [6, 6.07) is -0.233. The molecule has 3 nitrogen and oxygen atoms in total. The average molecular weight is 147 g/mol. The van der Waals surface area contributed by atoms with Gasteiger partial charge in [-0.3, -0.25) is 4.79 Å². The first kappa shape index (κ1) is 7.05. The third-order valence-electron chi connectivity index (χ3n) is 1.41. The van der Waals surface area contributed by atoms with Crippen LogP contribution < -0.4 is 5.32 Å². The molecule has 0 spiro atoms. The molecule has 0 aliphatic carbocycles. The van der Waals surface area contributed by atoms with Gasteiger partial charge in [0.2, 0.25) is 5.12 Å². The van der Waals surface area contributed by atoms with Crippen LogP contribution in [0.4, 0.5) is 0 Å². The Labute approximate surface area is 58.9 Å². The summed E-state index contributed by atoms with van der Waals surface area (Å²) in [6.07, 6.45) is 0.133. The lowest BCUT2D eigenvalue weighted by atomic mass is 10.2. The molecular formula is C5H9NO2S. The maximum Gasteiger partial charge on any atom is 0.202 e. The molecule has 1 fully saturated rings. The minimum Gasteiger partial charge on any atom is -0.392 e. The first-order valence-corrected chi connectivity index (χ1v) is 3.29. The number of carbonyl (C=O) groups is 1. The van der Waals surface area contributed by atoms with E-state index in [1.54, 1.807) is 0 Å². The number of carbonyl (C=O) groups excluding carboxylic acids is 1. The van der Waals surface area contributed by atoms with Gasteiger partial charge in [0.25, 0.3) is 0 Å². The van der Waals surface area contributed by atoms with Crippen LogP contribution in [0.3, 0.4) is 0 Å². The lowest BCUT2D eigenvalue weighted by molar-refractivity contribution is -0.112. The molecule has 9 heavy (non-hydrogen) atoms. The van der Waals surface area contributed by atoms with Gasteiger partial charge in [-0.2, -0.15) is 0 Å². The Morgan fingerprint density at radius 2 is 2.44 bits per heavy atom. The third kappa shape index (κ3) is 1.67. The Balaban J connectivity index is 2.39. The zero-order valence-electron chi connectivity index (χ0n) is 4.87. The second-order valence-electron chi connectivity index (χ2n) is 2.19. The predicted octanol–water partition coefficient (Wildman–Crippen LogP) is -0.834. The normalized spacial score (nSPS) is 34.9. The van der Waals surface area contributed by atoms with Crippen molar-refractivity contribution >= 4 is 17.7 Å². The van der Waals surface area contributed by atoms with E-state index in [0.717, 1.165) is 0 Å². The topological polar surface area (TPSA) is 49.3 Å². The fourth-order valence-corrected chi connectivity index (χ4v) is 1.10. The summed E-state index contributed by atoms with van der Waals surface area (Å²) in [5.41, 5.74) is 0. The monoisotopic (exact) mass is 147 g/mol. The minimum absolute atomic E-state index is 0.188. The van der Waals surface area contributed by atoms with Crippen molar-refractivity contribution in [2.45, 2.75) is 18.6 Å². The third-order valence-corrected chi connectivity index (χ3v) is 1.72. The highest BCUT2D eigenvalue weighted by Crippen LogP contribution is 2.07. The van der Waals surface area contributed by atoms with E-state index in [-0.39, 0.29) is 17.3 Å². The molecular weight excluding hydrogens is 138 g/mol. The van der Waals surface area contributed by atoms with Crippen LogP contribution in [-0.4, -0.2) is 28.9 Å². The summed E-state index contributed by atoms with van der Waals surface area (Å²) < 4.78 is 0. The molecule has 52 valence electrons. The molecule has 1 aliphatic rings. The maximum atomic E-state index is 10.5. The van der Waals surface area contributed by atoms with Gasteiger partial charge < -0.3 is 10.4 Å². The number of β-amino-alcohol motifs (C(OH)–C–C–N with tert-alkyl or cyclic N) is 1. The largest absolute Gasteiger partial charge is 0.392 e. The van der Waals surface area contributed by atoms with Crippen LogP contribution in [0.2, 0.25) is 0 Å².